The van der Waals surface area contributed by atoms with Crippen molar-refractivity contribution in [3.8, 4) is 34.5 Å². The number of ether oxygens (including phenoxy) is 1. The van der Waals surface area contributed by atoms with E-state index in [1.807, 2.05) is 35.9 Å². The third-order valence-corrected chi connectivity index (χ3v) is 5.54. The fourth-order valence-corrected chi connectivity index (χ4v) is 3.85. The molecule has 0 spiro atoms. The molecule has 2 aromatic heterocycles. The van der Waals surface area contributed by atoms with Crippen molar-refractivity contribution in [1.29, 1.82) is 0 Å². The third-order valence-electron chi connectivity index (χ3n) is 5.54. The summed E-state index contributed by atoms with van der Waals surface area (Å²) in [4.78, 5) is 16.3. The van der Waals surface area contributed by atoms with Crippen LogP contribution < -0.4 is 10.5 Å². The smallest absolute Gasteiger partial charge is 0.254 e. The summed E-state index contributed by atoms with van der Waals surface area (Å²) in [5.74, 6) is 6.71. The van der Waals surface area contributed by atoms with Crippen LogP contribution in [0.15, 0.2) is 36.9 Å². The highest BCUT2D eigenvalue weighted by Crippen LogP contribution is 2.29. The highest BCUT2D eigenvalue weighted by Gasteiger charge is 2.19. The van der Waals surface area contributed by atoms with Crippen molar-refractivity contribution in [2.24, 2.45) is 11.7 Å². The molecule has 31 heavy (non-hydrogen) atoms. The summed E-state index contributed by atoms with van der Waals surface area (Å²) in [6.07, 6.45) is 11.1. The highest BCUT2D eigenvalue weighted by atomic mass is 16.5. The van der Waals surface area contributed by atoms with E-state index in [0.717, 1.165) is 29.8 Å². The van der Waals surface area contributed by atoms with E-state index < -0.39 is 11.9 Å². The number of rotatable bonds is 5. The van der Waals surface area contributed by atoms with Gasteiger partial charge in [-0.1, -0.05) is 42.4 Å². The van der Waals surface area contributed by atoms with Crippen molar-refractivity contribution in [1.82, 2.24) is 24.5 Å². The molecule has 160 valence electrons. The fraction of sp³-hybridized carbons (Fsp3) is 0.391. The largest absolute Gasteiger partial charge is 0.495 e. The molecule has 1 saturated carbocycles. The Balaban J connectivity index is 1.59. The van der Waals surface area contributed by atoms with Gasteiger partial charge in [-0.2, -0.15) is 0 Å². The molecule has 1 amide bonds. The molecule has 8 heteroatoms. The van der Waals surface area contributed by atoms with Crippen LogP contribution in [0.4, 0.5) is 0 Å². The Bertz CT molecular complexity index is 1130. The van der Waals surface area contributed by atoms with E-state index in [1.54, 1.807) is 19.6 Å². The summed E-state index contributed by atoms with van der Waals surface area (Å²) in [5.41, 5.74) is 8.81. The van der Waals surface area contributed by atoms with Crippen LogP contribution in [0.2, 0.25) is 0 Å². The number of imidazole rings is 1. The van der Waals surface area contributed by atoms with Gasteiger partial charge >= 0.3 is 0 Å². The molecule has 4 rings (SSSR count). The maximum atomic E-state index is 12.0. The van der Waals surface area contributed by atoms with E-state index in [2.05, 4.69) is 27.1 Å². The quantitative estimate of drug-likeness (QED) is 0.642. The zero-order valence-electron chi connectivity index (χ0n) is 17.8. The molecule has 0 bridgehead atoms. The number of methoxy groups -OCH3 is 1. The molecule has 1 unspecified atom stereocenters. The summed E-state index contributed by atoms with van der Waals surface area (Å²) >= 11 is 0. The van der Waals surface area contributed by atoms with Gasteiger partial charge in [-0.05, 0) is 31.9 Å². The minimum Gasteiger partial charge on any atom is -0.495 e. The summed E-state index contributed by atoms with van der Waals surface area (Å²) in [6.45, 7) is 1.93. The van der Waals surface area contributed by atoms with Gasteiger partial charge in [-0.25, -0.2) is 9.67 Å². The second-order valence-electron chi connectivity index (χ2n) is 7.82. The van der Waals surface area contributed by atoms with Crippen LogP contribution in [-0.2, 0) is 4.79 Å². The average Bonchev–Trinajstić information content (AvgIpc) is 3.43. The normalized spacial score (nSPS) is 15.2. The molecule has 0 radical (unpaired) electrons. The summed E-state index contributed by atoms with van der Waals surface area (Å²) < 4.78 is 8.91. The van der Waals surface area contributed by atoms with Crippen molar-refractivity contribution in [3.05, 3.63) is 42.6 Å². The molecule has 0 aliphatic heterocycles. The lowest BCUT2D eigenvalue weighted by molar-refractivity contribution is -0.119. The average molecular weight is 419 g/mol. The van der Waals surface area contributed by atoms with E-state index in [9.17, 15) is 4.79 Å². The Morgan fingerprint density at radius 3 is 2.74 bits per heavy atom. The van der Waals surface area contributed by atoms with E-state index >= 15 is 0 Å². The number of primary amides is 1. The van der Waals surface area contributed by atoms with Gasteiger partial charge in [0.05, 0.1) is 31.0 Å². The summed E-state index contributed by atoms with van der Waals surface area (Å²) in [6, 6.07) is 4.90. The first-order chi connectivity index (χ1) is 15.0. The summed E-state index contributed by atoms with van der Waals surface area (Å²) in [7, 11) is 1.62. The van der Waals surface area contributed by atoms with Crippen molar-refractivity contribution in [3.63, 3.8) is 0 Å². The molecule has 8 nitrogen and oxygen atoms in total. The Hall–Kier alpha value is -3.60. The van der Waals surface area contributed by atoms with E-state index in [1.165, 1.54) is 23.9 Å². The number of amides is 1. The minimum absolute atomic E-state index is 0.321. The monoisotopic (exact) mass is 418 g/mol. The highest BCUT2D eigenvalue weighted by molar-refractivity contribution is 5.81. The maximum Gasteiger partial charge on any atom is 0.254 e. The van der Waals surface area contributed by atoms with Gasteiger partial charge in [-0.15, -0.1) is 5.10 Å². The Kier molecular flexibility index (Phi) is 6.03. The molecule has 1 fully saturated rings. The van der Waals surface area contributed by atoms with Gasteiger partial charge < -0.3 is 15.0 Å². The maximum absolute atomic E-state index is 12.0. The molecule has 0 saturated heterocycles. The van der Waals surface area contributed by atoms with Crippen molar-refractivity contribution in [2.75, 3.05) is 7.11 Å². The van der Waals surface area contributed by atoms with Crippen LogP contribution in [0.1, 0.15) is 43.8 Å². The minimum atomic E-state index is -0.835. The van der Waals surface area contributed by atoms with Gasteiger partial charge in [-0.3, -0.25) is 4.79 Å². The second kappa shape index (κ2) is 9.04. The Labute approximate surface area is 181 Å². The second-order valence-corrected chi connectivity index (χ2v) is 7.82. The fourth-order valence-electron chi connectivity index (χ4n) is 3.85. The van der Waals surface area contributed by atoms with Crippen LogP contribution in [0.3, 0.4) is 0 Å². The number of aromatic nitrogens is 5. The predicted molar refractivity (Wildman–Crippen MR) is 116 cm³/mol. The third kappa shape index (κ3) is 4.61. The first-order valence-electron chi connectivity index (χ1n) is 10.5. The molecule has 2 N–H and O–H groups in total. The van der Waals surface area contributed by atoms with Gasteiger partial charge in [0.25, 0.3) is 5.91 Å². The lowest BCUT2D eigenvalue weighted by Crippen LogP contribution is -2.26. The predicted octanol–water partition coefficient (Wildman–Crippen LogP) is 3.06. The number of benzene rings is 1. The van der Waals surface area contributed by atoms with Crippen molar-refractivity contribution in [2.45, 2.75) is 45.1 Å². The van der Waals surface area contributed by atoms with Gasteiger partial charge in [0.15, 0.2) is 6.04 Å². The van der Waals surface area contributed by atoms with Crippen LogP contribution in [-0.4, -0.2) is 37.6 Å². The first-order valence-corrected chi connectivity index (χ1v) is 10.5. The SMILES string of the molecule is COc1cc(-c2cn(C(C#CC3CCCCC3)C(N)=O)nn2)ccc1-n1cnc(C)c1. The lowest BCUT2D eigenvalue weighted by Gasteiger charge is -2.16. The number of carbonyl (C=O) groups is 1. The zero-order valence-corrected chi connectivity index (χ0v) is 17.8. The standard InChI is InChI=1S/C23H26N6O2/c1-16-13-28(15-25-16)20-11-9-18(12-22(20)31-2)19-14-29(27-26-19)21(23(24)30)10-8-17-6-4-3-5-7-17/h9,11-15,17,21H,3-7H2,1-2H3,(H2,24,30). The molecule has 3 aromatic rings. The molecule has 1 aromatic carbocycles. The number of nitrogens with zero attached hydrogens (tertiary/aromatic N) is 5. The number of aryl methyl sites for hydroxylation is 1. The van der Waals surface area contributed by atoms with Crippen LogP contribution in [0.5, 0.6) is 5.75 Å². The summed E-state index contributed by atoms with van der Waals surface area (Å²) in [5, 5.41) is 8.35. The molecular formula is C23H26N6O2. The molecule has 2 heterocycles. The lowest BCUT2D eigenvalue weighted by atomic mass is 9.89. The van der Waals surface area contributed by atoms with Crippen LogP contribution >= 0.6 is 0 Å². The molecule has 1 aliphatic rings. The van der Waals surface area contributed by atoms with E-state index in [4.69, 9.17) is 10.5 Å². The Morgan fingerprint density at radius 1 is 1.26 bits per heavy atom. The molecule has 1 aliphatic carbocycles. The van der Waals surface area contributed by atoms with Crippen LogP contribution in [0.25, 0.3) is 16.9 Å². The number of nitrogens with two attached hydrogens (primary N) is 1. The van der Waals surface area contributed by atoms with Gasteiger partial charge in [0, 0.05) is 17.7 Å². The number of carbonyl (C=O) groups excluding carboxylic acids is 1. The van der Waals surface area contributed by atoms with E-state index in [-0.39, 0.29) is 0 Å². The van der Waals surface area contributed by atoms with Gasteiger partial charge in [0.1, 0.15) is 11.4 Å². The van der Waals surface area contributed by atoms with Crippen molar-refractivity contribution < 1.29 is 9.53 Å². The molecule has 1 atom stereocenters. The molecular weight excluding hydrogens is 392 g/mol. The van der Waals surface area contributed by atoms with Crippen LogP contribution in [0, 0.1) is 24.7 Å². The first kappa shape index (κ1) is 20.7. The number of hydrogen-bond donors (Lipinski definition) is 1. The van der Waals surface area contributed by atoms with Gasteiger partial charge in [0.2, 0.25) is 0 Å². The topological polar surface area (TPSA) is 101 Å². The van der Waals surface area contributed by atoms with E-state index in [0.29, 0.717) is 17.4 Å². The zero-order chi connectivity index (χ0) is 21.8. The van der Waals surface area contributed by atoms with Crippen molar-refractivity contribution >= 4 is 5.91 Å². The Morgan fingerprint density at radius 2 is 2.06 bits per heavy atom. The number of hydrogen-bond acceptors (Lipinski definition) is 5.